The number of amides is 2. The number of rotatable bonds is 6. The number of pyridine rings is 1. The quantitative estimate of drug-likeness (QED) is 0.325. The van der Waals surface area contributed by atoms with Crippen molar-refractivity contribution in [2.24, 2.45) is 0 Å². The fourth-order valence-corrected chi connectivity index (χ4v) is 3.49. The van der Waals surface area contributed by atoms with Crippen LogP contribution < -0.4 is 11.1 Å². The molecule has 0 bridgehead atoms. The maximum absolute atomic E-state index is 12.6. The van der Waals surface area contributed by atoms with E-state index in [9.17, 15) is 29.0 Å². The molecule has 4 N–H and O–H groups in total. The Morgan fingerprint density at radius 3 is 2.42 bits per heavy atom. The van der Waals surface area contributed by atoms with Crippen molar-refractivity contribution in [1.82, 2.24) is 20.1 Å². The highest BCUT2D eigenvalue weighted by atomic mass is 32.5. The summed E-state index contributed by atoms with van der Waals surface area (Å²) in [7, 11) is -9.63. The Bertz CT molecular complexity index is 1180. The lowest BCUT2D eigenvalue weighted by atomic mass is 10.1. The zero-order valence-electron chi connectivity index (χ0n) is 17.9. The van der Waals surface area contributed by atoms with Crippen molar-refractivity contribution in [3.63, 3.8) is 0 Å². The Labute approximate surface area is 186 Å². The molecule has 3 aromatic rings. The third kappa shape index (κ3) is 6.78. The van der Waals surface area contributed by atoms with E-state index in [4.69, 9.17) is 5.73 Å². The Morgan fingerprint density at radius 1 is 1.24 bits per heavy atom. The number of hydrogen-bond acceptors (Lipinski definition) is 5. The summed E-state index contributed by atoms with van der Waals surface area (Å²) >= 11 is 0. The smallest absolute Gasteiger partial charge is 0.310 e. The number of nitrogen functional groups attached to an aromatic ring is 1. The highest BCUT2D eigenvalue weighted by Crippen LogP contribution is 3.02. The van der Waals surface area contributed by atoms with Gasteiger partial charge in [-0.05, 0) is 37.1 Å². The SMILES string of the molecule is CC(=O)Nc1cnc(N)c2cn[nH]c12.CCN(C=O)Cc1ccc(S(F)(F)(F)(F)F)cc1C. The van der Waals surface area contributed by atoms with Crippen LogP contribution in [0.25, 0.3) is 10.9 Å². The maximum Gasteiger partial charge on any atom is 0.310 e. The van der Waals surface area contributed by atoms with E-state index in [-0.39, 0.29) is 18.0 Å². The largest absolute Gasteiger partial charge is 0.383 e. The van der Waals surface area contributed by atoms with Crippen molar-refractivity contribution in [2.45, 2.75) is 32.2 Å². The van der Waals surface area contributed by atoms with Gasteiger partial charge in [0.2, 0.25) is 12.3 Å². The number of H-pyrrole nitrogens is 1. The number of carbonyl (C=O) groups is 2. The van der Waals surface area contributed by atoms with E-state index in [2.05, 4.69) is 20.5 Å². The first-order chi connectivity index (χ1) is 15.0. The van der Waals surface area contributed by atoms with Crippen LogP contribution in [0.4, 0.5) is 30.9 Å². The van der Waals surface area contributed by atoms with Crippen molar-refractivity contribution in [1.29, 1.82) is 0 Å². The van der Waals surface area contributed by atoms with E-state index in [1.807, 2.05) is 0 Å². The summed E-state index contributed by atoms with van der Waals surface area (Å²) in [5.41, 5.74) is 7.36. The van der Waals surface area contributed by atoms with E-state index in [0.717, 1.165) is 6.07 Å². The van der Waals surface area contributed by atoms with Crippen LogP contribution in [0.3, 0.4) is 0 Å². The molecule has 182 valence electrons. The van der Waals surface area contributed by atoms with Gasteiger partial charge in [-0.3, -0.25) is 14.7 Å². The number of fused-ring (bicyclic) bond motifs is 1. The number of aromatic amines is 1. The normalized spacial score (nSPS) is 13.3. The lowest BCUT2D eigenvalue weighted by molar-refractivity contribution is -0.118. The van der Waals surface area contributed by atoms with Crippen molar-refractivity contribution >= 4 is 44.9 Å². The fraction of sp³-hybridized carbons (Fsp3) is 0.263. The molecule has 0 spiro atoms. The van der Waals surface area contributed by atoms with Gasteiger partial charge in [0.25, 0.3) is 0 Å². The van der Waals surface area contributed by atoms with Crippen LogP contribution in [0.5, 0.6) is 0 Å². The first kappa shape index (κ1) is 25.8. The standard InChI is InChI=1S/C11H14F5NOS.C8H9N5O/c1-3-17(8-18)7-10-4-5-11(6-9(10)2)19(12,13,14,15)16;1-4(14)12-6-3-10-8(9)5-2-11-13-7(5)6/h4-6,8H,3,7H2,1-2H3;2-3H,1H3,(H2,9,10)(H,11,13)(H,12,14). The van der Waals surface area contributed by atoms with Crippen LogP contribution >= 0.6 is 10.2 Å². The molecule has 0 saturated heterocycles. The monoisotopic (exact) mass is 494 g/mol. The number of aryl methyl sites for hydroxylation is 1. The van der Waals surface area contributed by atoms with E-state index >= 15 is 0 Å². The summed E-state index contributed by atoms with van der Waals surface area (Å²) in [6.07, 6.45) is 3.62. The van der Waals surface area contributed by atoms with Crippen molar-refractivity contribution in [3.8, 4) is 0 Å². The number of nitrogens with two attached hydrogens (primary N) is 1. The molecule has 2 aromatic heterocycles. The number of nitrogens with zero attached hydrogens (tertiary/aromatic N) is 3. The van der Waals surface area contributed by atoms with Gasteiger partial charge in [0.05, 0.1) is 29.0 Å². The molecule has 14 heteroatoms. The second kappa shape index (κ2) is 8.50. The average Bonchev–Trinajstić information content (AvgIpc) is 3.19. The third-order valence-corrected chi connectivity index (χ3v) is 5.66. The predicted molar refractivity (Wildman–Crippen MR) is 117 cm³/mol. The van der Waals surface area contributed by atoms with E-state index in [1.54, 1.807) is 13.1 Å². The summed E-state index contributed by atoms with van der Waals surface area (Å²) in [5.74, 6) is 0.232. The summed E-state index contributed by atoms with van der Waals surface area (Å²) in [4.78, 5) is 24.8. The van der Waals surface area contributed by atoms with Crippen LogP contribution in [0.2, 0.25) is 0 Å². The Kier molecular flexibility index (Phi) is 6.65. The van der Waals surface area contributed by atoms with Gasteiger partial charge in [0.15, 0.2) is 0 Å². The van der Waals surface area contributed by atoms with Crippen LogP contribution in [-0.4, -0.2) is 38.9 Å². The lowest BCUT2D eigenvalue weighted by Gasteiger charge is -2.40. The molecular weight excluding hydrogens is 471 g/mol. The highest BCUT2D eigenvalue weighted by Gasteiger charge is 2.65. The molecule has 0 atom stereocenters. The number of carbonyl (C=O) groups excluding carboxylic acids is 2. The second-order valence-electron chi connectivity index (χ2n) is 7.12. The van der Waals surface area contributed by atoms with Gasteiger partial charge in [0.1, 0.15) is 10.7 Å². The first-order valence-electron chi connectivity index (χ1n) is 9.43. The van der Waals surface area contributed by atoms with Crippen molar-refractivity contribution in [2.75, 3.05) is 17.6 Å². The molecule has 0 aliphatic rings. The lowest BCUT2D eigenvalue weighted by Crippen LogP contribution is -2.21. The molecule has 1 aromatic carbocycles. The van der Waals surface area contributed by atoms with Gasteiger partial charge in [-0.1, -0.05) is 25.5 Å². The molecule has 3 rings (SSSR count). The minimum atomic E-state index is -9.63. The van der Waals surface area contributed by atoms with Crippen LogP contribution in [-0.2, 0) is 16.1 Å². The number of benzene rings is 1. The molecular formula is C19H23F5N6O2S. The maximum atomic E-state index is 12.6. The first-order valence-corrected chi connectivity index (χ1v) is 11.4. The minimum Gasteiger partial charge on any atom is -0.383 e. The summed E-state index contributed by atoms with van der Waals surface area (Å²) < 4.78 is 62.9. The van der Waals surface area contributed by atoms with E-state index in [0.29, 0.717) is 53.1 Å². The van der Waals surface area contributed by atoms with Gasteiger partial charge >= 0.3 is 10.2 Å². The molecule has 0 saturated carbocycles. The molecule has 0 unspecified atom stereocenters. The molecule has 0 aliphatic heterocycles. The summed E-state index contributed by atoms with van der Waals surface area (Å²) in [6, 6.07) is 1.77. The molecule has 2 amide bonds. The molecule has 0 radical (unpaired) electrons. The van der Waals surface area contributed by atoms with Gasteiger partial charge in [0, 0.05) is 20.0 Å². The molecule has 0 aliphatic carbocycles. The number of anilines is 2. The minimum absolute atomic E-state index is 0.0750. The van der Waals surface area contributed by atoms with Crippen LogP contribution in [0, 0.1) is 6.92 Å². The zero-order chi connectivity index (χ0) is 25.1. The van der Waals surface area contributed by atoms with Crippen LogP contribution in [0.15, 0.2) is 35.5 Å². The number of halogens is 5. The average molecular weight is 494 g/mol. The van der Waals surface area contributed by atoms with Gasteiger partial charge in [-0.25, -0.2) is 4.98 Å². The molecule has 0 fully saturated rings. The third-order valence-electron chi connectivity index (χ3n) is 4.52. The number of hydrogen-bond donors (Lipinski definition) is 3. The zero-order valence-corrected chi connectivity index (χ0v) is 18.7. The second-order valence-corrected chi connectivity index (χ2v) is 9.53. The predicted octanol–water partition coefficient (Wildman–Crippen LogP) is 5.13. The van der Waals surface area contributed by atoms with E-state index < -0.39 is 15.1 Å². The van der Waals surface area contributed by atoms with Gasteiger partial charge < -0.3 is 16.0 Å². The molecule has 2 heterocycles. The number of nitrogens with one attached hydrogen (secondary N) is 2. The van der Waals surface area contributed by atoms with Crippen molar-refractivity contribution in [3.05, 3.63) is 41.7 Å². The molecule has 8 nitrogen and oxygen atoms in total. The van der Waals surface area contributed by atoms with Crippen LogP contribution in [0.1, 0.15) is 25.0 Å². The van der Waals surface area contributed by atoms with Crippen molar-refractivity contribution < 1.29 is 29.0 Å². The highest BCUT2D eigenvalue weighted by molar-refractivity contribution is 8.45. The number of aromatic nitrogens is 3. The summed E-state index contributed by atoms with van der Waals surface area (Å²) in [5, 5.41) is 9.92. The molecule has 33 heavy (non-hydrogen) atoms. The summed E-state index contributed by atoms with van der Waals surface area (Å²) in [6.45, 7) is 4.91. The van der Waals surface area contributed by atoms with Gasteiger partial charge in [-0.2, -0.15) is 5.10 Å². The Hall–Kier alpha value is -3.42. The topological polar surface area (TPSA) is 117 Å². The Balaban J connectivity index is 0.000000243. The van der Waals surface area contributed by atoms with E-state index in [1.165, 1.54) is 24.9 Å². The van der Waals surface area contributed by atoms with Gasteiger partial charge in [-0.15, -0.1) is 0 Å². The fourth-order valence-electron chi connectivity index (χ4n) is 2.77. The Morgan fingerprint density at radius 2 is 1.91 bits per heavy atom.